The summed E-state index contributed by atoms with van der Waals surface area (Å²) in [6.45, 7) is 9.25. The van der Waals surface area contributed by atoms with Crippen LogP contribution in [0.4, 0.5) is 4.79 Å². The summed E-state index contributed by atoms with van der Waals surface area (Å²) in [7, 11) is 0. The molecule has 1 amide bonds. The van der Waals surface area contributed by atoms with Crippen LogP contribution in [-0.2, 0) is 4.74 Å². The Morgan fingerprint density at radius 1 is 1.37 bits per heavy atom. The molecular formula is C15H29NO3. The number of aliphatic hydroxyl groups excluding tert-OH is 1. The van der Waals surface area contributed by atoms with E-state index in [0.29, 0.717) is 5.92 Å². The van der Waals surface area contributed by atoms with Gasteiger partial charge in [-0.2, -0.15) is 0 Å². The number of carbonyl (C=O) groups is 1. The molecule has 1 aliphatic heterocycles. The minimum absolute atomic E-state index is 0.163. The zero-order valence-electron chi connectivity index (χ0n) is 12.8. The van der Waals surface area contributed by atoms with E-state index in [1.54, 1.807) is 4.90 Å². The highest BCUT2D eigenvalue weighted by Gasteiger charge is 2.26. The molecule has 1 unspecified atom stereocenters. The van der Waals surface area contributed by atoms with Gasteiger partial charge in [0.05, 0.1) is 6.10 Å². The Bertz CT molecular complexity index is 278. The van der Waals surface area contributed by atoms with Crippen molar-refractivity contribution in [3.8, 4) is 0 Å². The number of hydrogen-bond acceptors (Lipinski definition) is 3. The number of carbonyl (C=O) groups excluding carboxylic acids is 1. The van der Waals surface area contributed by atoms with Crippen molar-refractivity contribution in [3.63, 3.8) is 0 Å². The van der Waals surface area contributed by atoms with Crippen molar-refractivity contribution >= 4 is 6.09 Å². The topological polar surface area (TPSA) is 49.8 Å². The van der Waals surface area contributed by atoms with E-state index in [2.05, 4.69) is 0 Å². The second-order valence-electron chi connectivity index (χ2n) is 6.55. The molecule has 1 heterocycles. The highest BCUT2D eigenvalue weighted by Crippen LogP contribution is 2.24. The van der Waals surface area contributed by atoms with Crippen molar-refractivity contribution in [2.45, 2.75) is 71.5 Å². The molecule has 1 atom stereocenters. The first-order valence-corrected chi connectivity index (χ1v) is 7.47. The van der Waals surface area contributed by atoms with Gasteiger partial charge in [0, 0.05) is 13.1 Å². The molecule has 19 heavy (non-hydrogen) atoms. The van der Waals surface area contributed by atoms with Crippen LogP contribution in [0.1, 0.15) is 59.8 Å². The van der Waals surface area contributed by atoms with E-state index in [1.807, 2.05) is 27.7 Å². The van der Waals surface area contributed by atoms with Crippen LogP contribution in [0.5, 0.6) is 0 Å². The molecular weight excluding hydrogens is 242 g/mol. The lowest BCUT2D eigenvalue weighted by Gasteiger charge is -2.33. The quantitative estimate of drug-likeness (QED) is 0.854. The maximum atomic E-state index is 11.9. The van der Waals surface area contributed by atoms with Crippen LogP contribution in [0.2, 0.25) is 0 Å². The summed E-state index contributed by atoms with van der Waals surface area (Å²) >= 11 is 0. The molecule has 0 aromatic heterocycles. The molecule has 1 aliphatic rings. The summed E-state index contributed by atoms with van der Waals surface area (Å²) in [4.78, 5) is 13.7. The van der Waals surface area contributed by atoms with E-state index in [-0.39, 0.29) is 12.2 Å². The summed E-state index contributed by atoms with van der Waals surface area (Å²) in [6, 6.07) is 0. The highest BCUT2D eigenvalue weighted by molar-refractivity contribution is 5.68. The largest absolute Gasteiger partial charge is 0.444 e. The van der Waals surface area contributed by atoms with Gasteiger partial charge in [-0.15, -0.1) is 0 Å². The fourth-order valence-electron chi connectivity index (χ4n) is 2.36. The van der Waals surface area contributed by atoms with Gasteiger partial charge < -0.3 is 14.7 Å². The van der Waals surface area contributed by atoms with Crippen molar-refractivity contribution in [1.82, 2.24) is 4.90 Å². The molecule has 4 heteroatoms. The van der Waals surface area contributed by atoms with Crippen molar-refractivity contribution in [2.75, 3.05) is 13.1 Å². The fraction of sp³-hybridized carbons (Fsp3) is 0.933. The Labute approximate surface area is 117 Å². The molecule has 0 spiro atoms. The van der Waals surface area contributed by atoms with Gasteiger partial charge in [0.2, 0.25) is 0 Å². The number of ether oxygens (including phenoxy) is 1. The molecule has 0 aliphatic carbocycles. The molecule has 1 fully saturated rings. The molecule has 0 aromatic carbocycles. The lowest BCUT2D eigenvalue weighted by Crippen LogP contribution is -2.41. The second kappa shape index (κ2) is 7.13. The molecule has 1 N–H and O–H groups in total. The Hall–Kier alpha value is -0.770. The average Bonchev–Trinajstić information content (AvgIpc) is 2.34. The zero-order chi connectivity index (χ0) is 14.5. The number of aliphatic hydroxyl groups is 1. The summed E-state index contributed by atoms with van der Waals surface area (Å²) in [5, 5.41) is 9.57. The molecule has 112 valence electrons. The number of likely N-dealkylation sites (tertiary alicyclic amines) is 1. The smallest absolute Gasteiger partial charge is 0.410 e. The van der Waals surface area contributed by atoms with Gasteiger partial charge in [0.1, 0.15) is 5.60 Å². The summed E-state index contributed by atoms with van der Waals surface area (Å²) in [6.07, 6.45) is 4.47. The van der Waals surface area contributed by atoms with E-state index < -0.39 is 5.60 Å². The Balaban J connectivity index is 2.27. The van der Waals surface area contributed by atoms with E-state index in [1.165, 1.54) is 0 Å². The number of piperidine rings is 1. The first-order chi connectivity index (χ1) is 8.81. The van der Waals surface area contributed by atoms with Gasteiger partial charge in [0.15, 0.2) is 0 Å². The Morgan fingerprint density at radius 3 is 2.42 bits per heavy atom. The normalized spacial score (nSPS) is 19.3. The number of rotatable bonds is 4. The summed E-state index contributed by atoms with van der Waals surface area (Å²) in [5.41, 5.74) is -0.417. The van der Waals surface area contributed by atoms with E-state index in [0.717, 1.165) is 45.2 Å². The maximum absolute atomic E-state index is 11.9. The van der Waals surface area contributed by atoms with Crippen molar-refractivity contribution < 1.29 is 14.6 Å². The molecule has 0 bridgehead atoms. The van der Waals surface area contributed by atoms with Crippen LogP contribution in [-0.4, -0.2) is 40.9 Å². The molecule has 4 nitrogen and oxygen atoms in total. The predicted molar refractivity (Wildman–Crippen MR) is 76.1 cm³/mol. The summed E-state index contributed by atoms with van der Waals surface area (Å²) < 4.78 is 5.38. The Morgan fingerprint density at radius 2 is 1.95 bits per heavy atom. The molecule has 1 rings (SSSR count). The molecule has 1 saturated heterocycles. The van der Waals surface area contributed by atoms with Gasteiger partial charge in [-0.25, -0.2) is 4.79 Å². The van der Waals surface area contributed by atoms with Crippen molar-refractivity contribution in [3.05, 3.63) is 0 Å². The fourth-order valence-corrected chi connectivity index (χ4v) is 2.36. The standard InChI is InChI=1S/C15H29NO3/c1-5-13(17)7-6-12-8-10-16(11-9-12)14(18)19-15(2,3)4/h12-13,17H,5-11H2,1-4H3. The maximum Gasteiger partial charge on any atom is 0.410 e. The van der Waals surface area contributed by atoms with Crippen LogP contribution in [0.15, 0.2) is 0 Å². The van der Waals surface area contributed by atoms with Crippen LogP contribution in [0.25, 0.3) is 0 Å². The van der Waals surface area contributed by atoms with Gasteiger partial charge in [-0.05, 0) is 58.8 Å². The molecule has 0 saturated carbocycles. The molecule has 0 radical (unpaired) electrons. The van der Waals surface area contributed by atoms with E-state index >= 15 is 0 Å². The van der Waals surface area contributed by atoms with Gasteiger partial charge in [0.25, 0.3) is 0 Å². The van der Waals surface area contributed by atoms with Gasteiger partial charge in [-0.3, -0.25) is 0 Å². The second-order valence-corrected chi connectivity index (χ2v) is 6.55. The van der Waals surface area contributed by atoms with E-state index in [9.17, 15) is 9.90 Å². The third-order valence-electron chi connectivity index (χ3n) is 3.65. The third-order valence-corrected chi connectivity index (χ3v) is 3.65. The number of amides is 1. The van der Waals surface area contributed by atoms with Gasteiger partial charge >= 0.3 is 6.09 Å². The first-order valence-electron chi connectivity index (χ1n) is 7.47. The van der Waals surface area contributed by atoms with Crippen molar-refractivity contribution in [1.29, 1.82) is 0 Å². The number of nitrogens with zero attached hydrogens (tertiary/aromatic N) is 1. The van der Waals surface area contributed by atoms with Gasteiger partial charge in [-0.1, -0.05) is 6.92 Å². The lowest BCUT2D eigenvalue weighted by molar-refractivity contribution is 0.0174. The minimum Gasteiger partial charge on any atom is -0.444 e. The van der Waals surface area contributed by atoms with Crippen LogP contribution >= 0.6 is 0 Å². The zero-order valence-corrected chi connectivity index (χ0v) is 12.8. The van der Waals surface area contributed by atoms with Crippen LogP contribution in [0.3, 0.4) is 0 Å². The summed E-state index contributed by atoms with van der Waals surface area (Å²) in [5.74, 6) is 0.639. The first kappa shape index (κ1) is 16.3. The predicted octanol–water partition coefficient (Wildman–Crippen LogP) is 3.18. The van der Waals surface area contributed by atoms with Crippen molar-refractivity contribution in [2.24, 2.45) is 5.92 Å². The molecule has 0 aromatic rings. The van der Waals surface area contributed by atoms with E-state index in [4.69, 9.17) is 4.74 Å². The lowest BCUT2D eigenvalue weighted by atomic mass is 9.91. The van der Waals surface area contributed by atoms with Crippen LogP contribution < -0.4 is 0 Å². The monoisotopic (exact) mass is 271 g/mol. The third kappa shape index (κ3) is 6.28. The minimum atomic E-state index is -0.417. The number of hydrogen-bond donors (Lipinski definition) is 1. The van der Waals surface area contributed by atoms with Crippen LogP contribution in [0, 0.1) is 5.92 Å². The highest BCUT2D eigenvalue weighted by atomic mass is 16.6. The SMILES string of the molecule is CCC(O)CCC1CCN(C(=O)OC(C)(C)C)CC1. The Kier molecular flexibility index (Phi) is 6.11. The average molecular weight is 271 g/mol.